The highest BCUT2D eigenvalue weighted by atomic mass is 35.5. The number of rotatable bonds is 8. The molecule has 0 atom stereocenters. The van der Waals surface area contributed by atoms with Crippen molar-refractivity contribution in [3.63, 3.8) is 0 Å². The monoisotopic (exact) mass is 376 g/mol. The number of carbonyl (C=O) groups excluding carboxylic acids is 1. The van der Waals surface area contributed by atoms with E-state index in [-0.39, 0.29) is 12.5 Å². The first kappa shape index (κ1) is 20.0. The third-order valence-corrected chi connectivity index (χ3v) is 4.32. The molecule has 1 aromatic heterocycles. The van der Waals surface area contributed by atoms with Gasteiger partial charge in [0.15, 0.2) is 6.61 Å². The molecule has 0 bridgehead atoms. The van der Waals surface area contributed by atoms with Gasteiger partial charge in [-0.15, -0.1) is 0 Å². The fourth-order valence-corrected chi connectivity index (χ4v) is 2.68. The summed E-state index contributed by atoms with van der Waals surface area (Å²) in [5, 5.41) is 8.89. The molecular formula is C19H25ClN4O2. The van der Waals surface area contributed by atoms with E-state index in [2.05, 4.69) is 22.5 Å². The number of aryl methyl sites for hydroxylation is 4. The van der Waals surface area contributed by atoms with Gasteiger partial charge in [-0.2, -0.15) is 10.2 Å². The summed E-state index contributed by atoms with van der Waals surface area (Å²) in [6.45, 7) is 8.54. The zero-order valence-electron chi connectivity index (χ0n) is 15.7. The zero-order chi connectivity index (χ0) is 19.1. The standard InChI is InChI=1S/C19H25ClN4O2/c1-5-6-9-24-19(20)16(15(4)23-24)11-21-22-18(25)12-26-17-10-13(2)7-8-14(17)3/h7-8,10-11H,5-6,9,12H2,1-4H3,(H,22,25)/b21-11+. The number of unbranched alkanes of at least 4 members (excludes halogenated alkanes) is 1. The minimum absolute atomic E-state index is 0.107. The summed E-state index contributed by atoms with van der Waals surface area (Å²) in [5.41, 5.74) is 5.99. The highest BCUT2D eigenvalue weighted by Gasteiger charge is 2.11. The molecule has 6 nitrogen and oxygen atoms in total. The van der Waals surface area contributed by atoms with Gasteiger partial charge in [-0.05, 0) is 44.4 Å². The van der Waals surface area contributed by atoms with Gasteiger partial charge in [0.25, 0.3) is 5.91 Å². The number of aromatic nitrogens is 2. The number of hydrogen-bond donors (Lipinski definition) is 1. The normalized spacial score (nSPS) is 11.1. The van der Waals surface area contributed by atoms with Crippen molar-refractivity contribution < 1.29 is 9.53 Å². The molecule has 0 saturated heterocycles. The maximum atomic E-state index is 11.9. The minimum Gasteiger partial charge on any atom is -0.483 e. The van der Waals surface area contributed by atoms with Crippen molar-refractivity contribution in [3.8, 4) is 5.75 Å². The molecule has 0 saturated carbocycles. The first-order chi connectivity index (χ1) is 12.4. The van der Waals surface area contributed by atoms with Gasteiger partial charge < -0.3 is 4.74 Å². The van der Waals surface area contributed by atoms with E-state index in [1.54, 1.807) is 4.68 Å². The van der Waals surface area contributed by atoms with Crippen LogP contribution in [0.2, 0.25) is 5.15 Å². The van der Waals surface area contributed by atoms with Crippen molar-refractivity contribution in [1.29, 1.82) is 0 Å². The second kappa shape index (κ2) is 9.38. The number of hydrogen-bond acceptors (Lipinski definition) is 4. The molecule has 26 heavy (non-hydrogen) atoms. The van der Waals surface area contributed by atoms with E-state index in [0.717, 1.165) is 36.2 Å². The van der Waals surface area contributed by atoms with E-state index in [9.17, 15) is 4.79 Å². The summed E-state index contributed by atoms with van der Waals surface area (Å²) in [6.07, 6.45) is 3.59. The van der Waals surface area contributed by atoms with Crippen LogP contribution in [0.15, 0.2) is 23.3 Å². The van der Waals surface area contributed by atoms with Crippen LogP contribution in [0.1, 0.15) is 42.1 Å². The lowest BCUT2D eigenvalue weighted by molar-refractivity contribution is -0.123. The lowest BCUT2D eigenvalue weighted by atomic mass is 10.1. The first-order valence-electron chi connectivity index (χ1n) is 8.67. The zero-order valence-corrected chi connectivity index (χ0v) is 16.4. The fraction of sp³-hybridized carbons (Fsp3) is 0.421. The lowest BCUT2D eigenvalue weighted by Gasteiger charge is -2.08. The third kappa shape index (κ3) is 5.33. The maximum Gasteiger partial charge on any atom is 0.277 e. The molecule has 140 valence electrons. The quantitative estimate of drug-likeness (QED) is 0.563. The minimum atomic E-state index is -0.339. The Morgan fingerprint density at radius 2 is 2.15 bits per heavy atom. The number of hydrazone groups is 1. The molecule has 0 spiro atoms. The molecule has 0 unspecified atom stereocenters. The summed E-state index contributed by atoms with van der Waals surface area (Å²) in [5.74, 6) is 0.356. The predicted octanol–water partition coefficient (Wildman–Crippen LogP) is 3.79. The molecule has 2 rings (SSSR count). The summed E-state index contributed by atoms with van der Waals surface area (Å²) >= 11 is 6.33. The van der Waals surface area contributed by atoms with Crippen LogP contribution in [0.25, 0.3) is 0 Å². The highest BCUT2D eigenvalue weighted by Crippen LogP contribution is 2.19. The molecule has 0 aliphatic rings. The van der Waals surface area contributed by atoms with Crippen LogP contribution >= 0.6 is 11.6 Å². The summed E-state index contributed by atoms with van der Waals surface area (Å²) in [7, 11) is 0. The molecule has 2 aromatic rings. The van der Waals surface area contributed by atoms with Crippen LogP contribution in [0, 0.1) is 20.8 Å². The molecule has 1 N–H and O–H groups in total. The number of nitrogens with zero attached hydrogens (tertiary/aromatic N) is 3. The Kier molecular flexibility index (Phi) is 7.21. The average molecular weight is 377 g/mol. The summed E-state index contributed by atoms with van der Waals surface area (Å²) in [6, 6.07) is 5.86. The Morgan fingerprint density at radius 1 is 1.38 bits per heavy atom. The van der Waals surface area contributed by atoms with Crippen molar-refractivity contribution in [2.45, 2.75) is 47.1 Å². The number of ether oxygens (including phenoxy) is 1. The van der Waals surface area contributed by atoms with Crippen molar-refractivity contribution in [2.24, 2.45) is 5.10 Å². The molecule has 1 amide bonds. The molecule has 7 heteroatoms. The van der Waals surface area contributed by atoms with Crippen LogP contribution in [-0.4, -0.2) is 28.5 Å². The number of carbonyl (C=O) groups is 1. The van der Waals surface area contributed by atoms with Gasteiger partial charge in [0.1, 0.15) is 10.9 Å². The second-order valence-corrected chi connectivity index (χ2v) is 6.58. The second-order valence-electron chi connectivity index (χ2n) is 6.22. The van der Waals surface area contributed by atoms with Gasteiger partial charge in [0.2, 0.25) is 0 Å². The molecule has 0 radical (unpaired) electrons. The number of amides is 1. The van der Waals surface area contributed by atoms with Crippen LogP contribution in [-0.2, 0) is 11.3 Å². The van der Waals surface area contributed by atoms with Gasteiger partial charge in [0.05, 0.1) is 17.5 Å². The van der Waals surface area contributed by atoms with Crippen molar-refractivity contribution in [3.05, 3.63) is 45.7 Å². The van der Waals surface area contributed by atoms with Crippen LogP contribution < -0.4 is 10.2 Å². The van der Waals surface area contributed by atoms with Gasteiger partial charge in [-0.25, -0.2) is 5.43 Å². The maximum absolute atomic E-state index is 11.9. The lowest BCUT2D eigenvalue weighted by Crippen LogP contribution is -2.24. The Balaban J connectivity index is 1.91. The summed E-state index contributed by atoms with van der Waals surface area (Å²) in [4.78, 5) is 11.9. The van der Waals surface area contributed by atoms with E-state index in [1.165, 1.54) is 6.21 Å². The Bertz CT molecular complexity index is 799. The van der Waals surface area contributed by atoms with Crippen molar-refractivity contribution >= 4 is 23.7 Å². The van der Waals surface area contributed by atoms with E-state index < -0.39 is 0 Å². The summed E-state index contributed by atoms with van der Waals surface area (Å²) < 4.78 is 7.31. The molecule has 1 aromatic carbocycles. The molecule has 0 fully saturated rings. The average Bonchev–Trinajstić information content (AvgIpc) is 2.88. The molecule has 1 heterocycles. The van der Waals surface area contributed by atoms with E-state index >= 15 is 0 Å². The SMILES string of the molecule is CCCCn1nc(C)c(/C=N/NC(=O)COc2cc(C)ccc2C)c1Cl. The Labute approximate surface area is 159 Å². The third-order valence-electron chi connectivity index (χ3n) is 3.92. The molecule has 0 aliphatic heterocycles. The van der Waals surface area contributed by atoms with Crippen molar-refractivity contribution in [2.75, 3.05) is 6.61 Å². The largest absolute Gasteiger partial charge is 0.483 e. The van der Waals surface area contributed by atoms with E-state index in [4.69, 9.17) is 16.3 Å². The number of nitrogens with one attached hydrogen (secondary N) is 1. The fourth-order valence-electron chi connectivity index (χ4n) is 2.38. The highest BCUT2D eigenvalue weighted by molar-refractivity contribution is 6.32. The predicted molar refractivity (Wildman–Crippen MR) is 104 cm³/mol. The first-order valence-corrected chi connectivity index (χ1v) is 9.05. The van der Waals surface area contributed by atoms with Crippen LogP contribution in [0.3, 0.4) is 0 Å². The topological polar surface area (TPSA) is 68.5 Å². The smallest absolute Gasteiger partial charge is 0.277 e. The Hall–Kier alpha value is -2.34. The molecule has 0 aliphatic carbocycles. The molecular weight excluding hydrogens is 352 g/mol. The van der Waals surface area contributed by atoms with Gasteiger partial charge in [-0.1, -0.05) is 37.1 Å². The van der Waals surface area contributed by atoms with Crippen LogP contribution in [0.4, 0.5) is 0 Å². The van der Waals surface area contributed by atoms with E-state index in [0.29, 0.717) is 16.5 Å². The van der Waals surface area contributed by atoms with E-state index in [1.807, 2.05) is 39.0 Å². The van der Waals surface area contributed by atoms with Crippen LogP contribution in [0.5, 0.6) is 5.75 Å². The number of halogens is 1. The van der Waals surface area contributed by atoms with Gasteiger partial charge in [-0.3, -0.25) is 9.48 Å². The number of benzene rings is 1. The van der Waals surface area contributed by atoms with Gasteiger partial charge >= 0.3 is 0 Å². The Morgan fingerprint density at radius 3 is 2.88 bits per heavy atom. The van der Waals surface area contributed by atoms with Crippen molar-refractivity contribution in [1.82, 2.24) is 15.2 Å². The van der Waals surface area contributed by atoms with Gasteiger partial charge in [0, 0.05) is 6.54 Å².